The molecule has 1 unspecified atom stereocenters. The molecule has 0 bridgehead atoms. The van der Waals surface area contributed by atoms with Crippen molar-refractivity contribution in [3.63, 3.8) is 0 Å². The largest absolute Gasteiger partial charge is 0.493 e. The first-order valence-corrected chi connectivity index (χ1v) is 8.55. The molecule has 160 valence electrons. The van der Waals surface area contributed by atoms with Crippen LogP contribution in [0.25, 0.3) is 0 Å². The molecule has 1 N–H and O–H groups in total. The van der Waals surface area contributed by atoms with Crippen molar-refractivity contribution in [3.05, 3.63) is 17.7 Å². The van der Waals surface area contributed by atoms with Crippen LogP contribution in [0.15, 0.2) is 12.1 Å². The molecule has 7 nitrogen and oxygen atoms in total. The summed E-state index contributed by atoms with van der Waals surface area (Å²) < 4.78 is 48.1. The van der Waals surface area contributed by atoms with Crippen molar-refractivity contribution in [2.24, 2.45) is 0 Å². The van der Waals surface area contributed by atoms with Gasteiger partial charge in [-0.2, -0.15) is 13.2 Å². The minimum absolute atomic E-state index is 0.574. The van der Waals surface area contributed by atoms with Gasteiger partial charge < -0.3 is 24.2 Å². The predicted molar refractivity (Wildman–Crippen MR) is 97.2 cm³/mol. The summed E-state index contributed by atoms with van der Waals surface area (Å²) in [5.41, 5.74) is 1.13. The second-order valence-electron chi connectivity index (χ2n) is 6.36. The van der Waals surface area contributed by atoms with E-state index in [9.17, 15) is 13.2 Å². The molecule has 1 aromatic carbocycles. The predicted octanol–water partition coefficient (Wildman–Crippen LogP) is 2.48. The Morgan fingerprint density at radius 3 is 2.14 bits per heavy atom. The van der Waals surface area contributed by atoms with E-state index < -0.39 is 12.1 Å². The van der Waals surface area contributed by atoms with Crippen LogP contribution in [0.5, 0.6) is 17.2 Å². The van der Waals surface area contributed by atoms with Crippen LogP contribution in [0.2, 0.25) is 0 Å². The number of piperazine rings is 1. The highest BCUT2D eigenvalue weighted by Gasteiger charge is 2.38. The Hall–Kier alpha value is -2.20. The molecule has 0 saturated carbocycles. The molecule has 0 aliphatic carbocycles. The highest BCUT2D eigenvalue weighted by atomic mass is 19.4. The number of nitrogens with zero attached hydrogens (tertiary/aromatic N) is 2. The Morgan fingerprint density at radius 1 is 1.14 bits per heavy atom. The number of halogens is 3. The first-order chi connectivity index (χ1) is 13.0. The van der Waals surface area contributed by atoms with E-state index in [2.05, 4.69) is 29.8 Å². The van der Waals surface area contributed by atoms with Gasteiger partial charge in [-0.25, -0.2) is 4.79 Å². The summed E-state index contributed by atoms with van der Waals surface area (Å²) in [6.45, 7) is 6.35. The average Bonchev–Trinajstić information content (AvgIpc) is 2.63. The van der Waals surface area contributed by atoms with Crippen LogP contribution in [0.4, 0.5) is 13.2 Å². The van der Waals surface area contributed by atoms with Crippen molar-refractivity contribution in [1.29, 1.82) is 0 Å². The molecular weight excluding hydrogens is 381 g/mol. The van der Waals surface area contributed by atoms with Gasteiger partial charge in [-0.15, -0.1) is 0 Å². The van der Waals surface area contributed by atoms with Crippen molar-refractivity contribution in [1.82, 2.24) is 9.80 Å². The number of carboxylic acids is 1. The second kappa shape index (κ2) is 10.4. The molecule has 0 amide bonds. The summed E-state index contributed by atoms with van der Waals surface area (Å²) in [5, 5.41) is 7.12. The average molecular weight is 408 g/mol. The summed E-state index contributed by atoms with van der Waals surface area (Å²) in [7, 11) is 7.13. The lowest BCUT2D eigenvalue weighted by Gasteiger charge is -2.37. The Morgan fingerprint density at radius 2 is 1.71 bits per heavy atom. The summed E-state index contributed by atoms with van der Waals surface area (Å²) in [6, 6.07) is 4.57. The topological polar surface area (TPSA) is 71.5 Å². The van der Waals surface area contributed by atoms with E-state index in [1.54, 1.807) is 21.3 Å². The normalized spacial score (nSPS) is 18.1. The highest BCUT2D eigenvalue weighted by molar-refractivity contribution is 5.73. The van der Waals surface area contributed by atoms with Gasteiger partial charge in [0.05, 0.1) is 21.3 Å². The van der Waals surface area contributed by atoms with Crippen molar-refractivity contribution in [2.75, 3.05) is 48.0 Å². The van der Waals surface area contributed by atoms with Crippen LogP contribution in [-0.4, -0.2) is 81.1 Å². The number of aliphatic carboxylic acids is 1. The van der Waals surface area contributed by atoms with Crippen LogP contribution >= 0.6 is 0 Å². The quantitative estimate of drug-likeness (QED) is 0.803. The van der Waals surface area contributed by atoms with Gasteiger partial charge in [-0.3, -0.25) is 4.90 Å². The van der Waals surface area contributed by atoms with E-state index >= 15 is 0 Å². The fourth-order valence-corrected chi connectivity index (χ4v) is 2.80. The van der Waals surface area contributed by atoms with Crippen molar-refractivity contribution in [3.8, 4) is 17.2 Å². The first kappa shape index (κ1) is 23.8. The summed E-state index contributed by atoms with van der Waals surface area (Å²) >= 11 is 0. The third-order valence-electron chi connectivity index (χ3n) is 4.47. The van der Waals surface area contributed by atoms with E-state index in [1.165, 1.54) is 0 Å². The molecular formula is C18H27F3N2O5. The molecule has 0 radical (unpaired) electrons. The molecule has 1 aliphatic heterocycles. The Kier molecular flexibility index (Phi) is 8.83. The Balaban J connectivity index is 0.000000480. The highest BCUT2D eigenvalue weighted by Crippen LogP contribution is 2.40. The SMILES string of the molecule is COc1ccc(CN2CCN(C)C(C)C2)c(OC)c1OC.O=C(O)C(F)(F)F. The Labute approximate surface area is 162 Å². The summed E-state index contributed by atoms with van der Waals surface area (Å²) in [5.74, 6) is -0.625. The molecule has 1 aliphatic rings. The smallest absolute Gasteiger partial charge is 0.490 e. The number of rotatable bonds is 5. The minimum Gasteiger partial charge on any atom is -0.493 e. The number of hydrogen-bond donors (Lipinski definition) is 1. The van der Waals surface area contributed by atoms with Crippen LogP contribution in [0.3, 0.4) is 0 Å². The van der Waals surface area contributed by atoms with Gasteiger partial charge in [-0.1, -0.05) is 6.07 Å². The third kappa shape index (κ3) is 6.45. The van der Waals surface area contributed by atoms with Gasteiger partial charge in [0.1, 0.15) is 0 Å². The molecule has 0 aromatic heterocycles. The van der Waals surface area contributed by atoms with E-state index in [0.717, 1.165) is 37.5 Å². The first-order valence-electron chi connectivity index (χ1n) is 8.55. The van der Waals surface area contributed by atoms with Crippen molar-refractivity contribution < 1.29 is 37.3 Å². The van der Waals surface area contributed by atoms with Gasteiger partial charge >= 0.3 is 12.1 Å². The number of hydrogen-bond acceptors (Lipinski definition) is 6. The maximum Gasteiger partial charge on any atom is 0.490 e. The van der Waals surface area contributed by atoms with Crippen LogP contribution in [0.1, 0.15) is 12.5 Å². The lowest BCUT2D eigenvalue weighted by molar-refractivity contribution is -0.192. The number of carbonyl (C=O) groups is 1. The van der Waals surface area contributed by atoms with Crippen LogP contribution in [0, 0.1) is 0 Å². The molecule has 28 heavy (non-hydrogen) atoms. The number of methoxy groups -OCH3 is 3. The maximum absolute atomic E-state index is 10.6. The molecule has 2 rings (SSSR count). The van der Waals surface area contributed by atoms with Crippen molar-refractivity contribution in [2.45, 2.75) is 25.7 Å². The molecule has 1 aromatic rings. The lowest BCUT2D eigenvalue weighted by Crippen LogP contribution is -2.49. The standard InChI is InChI=1S/C16H26N2O3.C2HF3O2/c1-12-10-18(9-8-17(12)2)11-13-6-7-14(19-3)16(21-5)15(13)20-4;3-2(4,5)1(6)7/h6-7,12H,8-11H2,1-5H3;(H,6,7). The van der Waals surface area contributed by atoms with E-state index in [0.29, 0.717) is 17.5 Å². The van der Waals surface area contributed by atoms with Gasteiger partial charge in [-0.05, 0) is 20.0 Å². The Bertz CT molecular complexity index is 655. The van der Waals surface area contributed by atoms with E-state index in [4.69, 9.17) is 24.1 Å². The molecule has 1 fully saturated rings. The molecule has 1 saturated heterocycles. The number of alkyl halides is 3. The zero-order valence-corrected chi connectivity index (χ0v) is 16.7. The number of ether oxygens (including phenoxy) is 3. The maximum atomic E-state index is 10.6. The lowest BCUT2D eigenvalue weighted by atomic mass is 10.1. The molecule has 1 atom stereocenters. The second-order valence-corrected chi connectivity index (χ2v) is 6.36. The van der Waals surface area contributed by atoms with Gasteiger partial charge in [0, 0.05) is 37.8 Å². The zero-order valence-electron chi connectivity index (χ0n) is 16.7. The molecule has 0 spiro atoms. The van der Waals surface area contributed by atoms with E-state index in [-0.39, 0.29) is 0 Å². The number of carboxylic acid groups (broad SMARTS) is 1. The van der Waals surface area contributed by atoms with Crippen LogP contribution < -0.4 is 14.2 Å². The van der Waals surface area contributed by atoms with Gasteiger partial charge in [0.15, 0.2) is 11.5 Å². The number of likely N-dealkylation sites (N-methyl/N-ethyl adjacent to an activating group) is 1. The number of benzene rings is 1. The minimum atomic E-state index is -5.08. The zero-order chi connectivity index (χ0) is 21.5. The molecule has 10 heteroatoms. The fourth-order valence-electron chi connectivity index (χ4n) is 2.80. The molecule has 1 heterocycles. The fraction of sp³-hybridized carbons (Fsp3) is 0.611. The van der Waals surface area contributed by atoms with Crippen molar-refractivity contribution >= 4 is 5.97 Å². The van der Waals surface area contributed by atoms with Gasteiger partial charge in [0.2, 0.25) is 5.75 Å². The third-order valence-corrected chi connectivity index (χ3v) is 4.47. The summed E-state index contributed by atoms with van der Waals surface area (Å²) in [6.07, 6.45) is -5.08. The van der Waals surface area contributed by atoms with E-state index in [1.807, 2.05) is 6.07 Å². The van der Waals surface area contributed by atoms with Gasteiger partial charge in [0.25, 0.3) is 0 Å². The monoisotopic (exact) mass is 408 g/mol. The summed E-state index contributed by atoms with van der Waals surface area (Å²) in [4.78, 5) is 13.7. The van der Waals surface area contributed by atoms with Crippen LogP contribution in [-0.2, 0) is 11.3 Å².